The van der Waals surface area contributed by atoms with Crippen molar-refractivity contribution in [2.24, 2.45) is 5.92 Å². The van der Waals surface area contributed by atoms with Crippen molar-refractivity contribution in [3.05, 3.63) is 21.0 Å². The molecule has 0 fully saturated rings. The van der Waals surface area contributed by atoms with Crippen LogP contribution in [-0.4, -0.2) is 19.0 Å². The Kier molecular flexibility index (Phi) is 6.96. The number of hydrogen-bond donors (Lipinski definition) is 2. The second-order valence-corrected chi connectivity index (χ2v) is 6.03. The lowest BCUT2D eigenvalue weighted by atomic mass is 10.2. The molecule has 0 atom stereocenters. The number of amides is 1. The minimum absolute atomic E-state index is 0.0815. The number of hydrogen-bond acceptors (Lipinski definition) is 3. The Labute approximate surface area is 124 Å². The van der Waals surface area contributed by atoms with Gasteiger partial charge in [-0.05, 0) is 43.8 Å². The molecule has 1 rings (SSSR count). The molecule has 1 aromatic rings. The highest BCUT2D eigenvalue weighted by molar-refractivity contribution is 9.13. The van der Waals surface area contributed by atoms with Gasteiger partial charge in [-0.3, -0.25) is 4.79 Å². The Morgan fingerprint density at radius 1 is 1.44 bits per heavy atom. The molecule has 6 heteroatoms. The van der Waals surface area contributed by atoms with E-state index in [1.807, 2.05) is 6.07 Å². The van der Waals surface area contributed by atoms with Crippen molar-refractivity contribution in [2.45, 2.75) is 26.8 Å². The fraction of sp³-hybridized carbons (Fsp3) is 0.583. The molecule has 18 heavy (non-hydrogen) atoms. The van der Waals surface area contributed by atoms with Gasteiger partial charge in [-0.1, -0.05) is 13.8 Å². The summed E-state index contributed by atoms with van der Waals surface area (Å²) in [5.74, 6) is 1.40. The molecule has 0 aliphatic heterocycles. The number of furan rings is 1. The van der Waals surface area contributed by atoms with Gasteiger partial charge < -0.3 is 15.1 Å². The van der Waals surface area contributed by atoms with E-state index in [-0.39, 0.29) is 5.91 Å². The van der Waals surface area contributed by atoms with E-state index in [0.29, 0.717) is 30.1 Å². The summed E-state index contributed by atoms with van der Waals surface area (Å²) < 4.78 is 6.99. The summed E-state index contributed by atoms with van der Waals surface area (Å²) in [6.45, 7) is 6.13. The van der Waals surface area contributed by atoms with Crippen LogP contribution < -0.4 is 10.6 Å². The zero-order valence-corrected chi connectivity index (χ0v) is 13.7. The third kappa shape index (κ3) is 6.02. The Morgan fingerprint density at radius 3 is 2.72 bits per heavy atom. The van der Waals surface area contributed by atoms with Crippen molar-refractivity contribution in [3.63, 3.8) is 0 Å². The molecule has 1 heterocycles. The van der Waals surface area contributed by atoms with E-state index in [4.69, 9.17) is 4.42 Å². The van der Waals surface area contributed by atoms with Crippen LogP contribution in [0.3, 0.4) is 0 Å². The molecule has 1 aromatic heterocycles. The molecule has 0 aliphatic rings. The van der Waals surface area contributed by atoms with E-state index >= 15 is 0 Å². The molecule has 0 saturated heterocycles. The molecule has 0 unspecified atom stereocenters. The lowest BCUT2D eigenvalue weighted by molar-refractivity contribution is -0.121. The third-order valence-corrected chi connectivity index (χ3v) is 3.94. The Bertz CT molecular complexity index is 372. The first-order valence-corrected chi connectivity index (χ1v) is 7.48. The smallest absolute Gasteiger partial charge is 0.221 e. The minimum atomic E-state index is 0.0815. The summed E-state index contributed by atoms with van der Waals surface area (Å²) >= 11 is 6.63. The van der Waals surface area contributed by atoms with Crippen LogP contribution in [0.2, 0.25) is 0 Å². The summed E-state index contributed by atoms with van der Waals surface area (Å²) in [6, 6.07) is 1.90. The summed E-state index contributed by atoms with van der Waals surface area (Å²) in [5, 5.41) is 6.04. The van der Waals surface area contributed by atoms with Crippen molar-refractivity contribution in [2.75, 3.05) is 13.1 Å². The van der Waals surface area contributed by atoms with Crippen LogP contribution in [0.4, 0.5) is 0 Å². The van der Waals surface area contributed by atoms with Gasteiger partial charge in [0.05, 0.1) is 11.0 Å². The second kappa shape index (κ2) is 7.96. The van der Waals surface area contributed by atoms with Crippen LogP contribution in [0.1, 0.15) is 26.0 Å². The van der Waals surface area contributed by atoms with Gasteiger partial charge >= 0.3 is 0 Å². The van der Waals surface area contributed by atoms with Crippen molar-refractivity contribution in [1.29, 1.82) is 0 Å². The molecule has 0 radical (unpaired) electrons. The first-order chi connectivity index (χ1) is 8.49. The SMILES string of the molecule is CC(C)CNC(=O)CCNCc1cc(Br)c(Br)o1. The van der Waals surface area contributed by atoms with Gasteiger partial charge in [-0.2, -0.15) is 0 Å². The van der Waals surface area contributed by atoms with Crippen LogP contribution >= 0.6 is 31.9 Å². The average molecular weight is 382 g/mol. The predicted molar refractivity (Wildman–Crippen MR) is 78.3 cm³/mol. The average Bonchev–Trinajstić information content (AvgIpc) is 2.62. The zero-order chi connectivity index (χ0) is 13.5. The lowest BCUT2D eigenvalue weighted by Gasteiger charge is -2.07. The molecule has 4 nitrogen and oxygen atoms in total. The second-order valence-electron chi connectivity index (χ2n) is 4.46. The van der Waals surface area contributed by atoms with E-state index in [1.165, 1.54) is 0 Å². The maximum atomic E-state index is 11.4. The van der Waals surface area contributed by atoms with Gasteiger partial charge in [0.2, 0.25) is 5.91 Å². The minimum Gasteiger partial charge on any atom is -0.452 e. The standard InChI is InChI=1S/C12H18Br2N2O2/c1-8(2)6-16-11(17)3-4-15-7-9-5-10(13)12(14)18-9/h5,8,15H,3-4,6-7H2,1-2H3,(H,16,17). The Morgan fingerprint density at radius 2 is 2.17 bits per heavy atom. The highest BCUT2D eigenvalue weighted by Gasteiger charge is 2.06. The van der Waals surface area contributed by atoms with E-state index in [2.05, 4.69) is 56.3 Å². The number of carbonyl (C=O) groups is 1. The Balaban J connectivity index is 2.13. The predicted octanol–water partition coefficient (Wildman–Crippen LogP) is 3.06. The van der Waals surface area contributed by atoms with Gasteiger partial charge in [0.1, 0.15) is 5.76 Å². The van der Waals surface area contributed by atoms with Gasteiger partial charge in [-0.15, -0.1) is 0 Å². The molecule has 2 N–H and O–H groups in total. The Hall–Kier alpha value is -0.330. The third-order valence-electron chi connectivity index (χ3n) is 2.23. The molecule has 102 valence electrons. The molecule has 0 spiro atoms. The summed E-state index contributed by atoms with van der Waals surface area (Å²) in [7, 11) is 0. The van der Waals surface area contributed by atoms with Crippen molar-refractivity contribution in [3.8, 4) is 0 Å². The van der Waals surface area contributed by atoms with E-state index in [9.17, 15) is 4.79 Å². The van der Waals surface area contributed by atoms with E-state index < -0.39 is 0 Å². The maximum Gasteiger partial charge on any atom is 0.221 e. The first-order valence-electron chi connectivity index (χ1n) is 5.90. The highest BCUT2D eigenvalue weighted by Crippen LogP contribution is 2.26. The van der Waals surface area contributed by atoms with Gasteiger partial charge in [0, 0.05) is 19.5 Å². The quantitative estimate of drug-likeness (QED) is 0.713. The number of nitrogens with one attached hydrogen (secondary N) is 2. The maximum absolute atomic E-state index is 11.4. The van der Waals surface area contributed by atoms with Crippen LogP contribution in [0.5, 0.6) is 0 Å². The van der Waals surface area contributed by atoms with E-state index in [1.54, 1.807) is 0 Å². The molecule has 0 saturated carbocycles. The fourth-order valence-electron chi connectivity index (χ4n) is 1.30. The van der Waals surface area contributed by atoms with Crippen molar-refractivity contribution < 1.29 is 9.21 Å². The number of carbonyl (C=O) groups excluding carboxylic acids is 1. The van der Waals surface area contributed by atoms with Crippen LogP contribution in [-0.2, 0) is 11.3 Å². The summed E-state index contributed by atoms with van der Waals surface area (Å²) in [6.07, 6.45) is 0.482. The fourth-order valence-corrected chi connectivity index (χ4v) is 1.96. The van der Waals surface area contributed by atoms with Crippen LogP contribution in [0.25, 0.3) is 0 Å². The number of rotatable bonds is 7. The van der Waals surface area contributed by atoms with Crippen LogP contribution in [0, 0.1) is 5.92 Å². The van der Waals surface area contributed by atoms with Gasteiger partial charge in [0.25, 0.3) is 0 Å². The largest absolute Gasteiger partial charge is 0.452 e. The van der Waals surface area contributed by atoms with Crippen molar-refractivity contribution >= 4 is 37.8 Å². The van der Waals surface area contributed by atoms with Crippen LogP contribution in [0.15, 0.2) is 19.6 Å². The monoisotopic (exact) mass is 380 g/mol. The molecule has 1 amide bonds. The number of halogens is 2. The topological polar surface area (TPSA) is 54.3 Å². The first kappa shape index (κ1) is 15.7. The summed E-state index contributed by atoms with van der Waals surface area (Å²) in [4.78, 5) is 11.4. The van der Waals surface area contributed by atoms with Gasteiger partial charge in [0.15, 0.2) is 4.67 Å². The summed E-state index contributed by atoms with van der Waals surface area (Å²) in [5.41, 5.74) is 0. The molecule has 0 aromatic carbocycles. The molecule has 0 aliphatic carbocycles. The molecule has 0 bridgehead atoms. The normalized spacial score (nSPS) is 10.9. The lowest BCUT2D eigenvalue weighted by Crippen LogP contribution is -2.30. The highest BCUT2D eigenvalue weighted by atomic mass is 79.9. The molecular weight excluding hydrogens is 364 g/mol. The van der Waals surface area contributed by atoms with E-state index in [0.717, 1.165) is 16.8 Å². The zero-order valence-electron chi connectivity index (χ0n) is 10.6. The van der Waals surface area contributed by atoms with Gasteiger partial charge in [-0.25, -0.2) is 0 Å². The van der Waals surface area contributed by atoms with Crippen molar-refractivity contribution in [1.82, 2.24) is 10.6 Å². The molecular formula is C12H18Br2N2O2.